The molecule has 0 saturated carbocycles. The molecule has 0 bridgehead atoms. The predicted octanol–water partition coefficient (Wildman–Crippen LogP) is 2.28. The Morgan fingerprint density at radius 1 is 1.32 bits per heavy atom. The summed E-state index contributed by atoms with van der Waals surface area (Å²) in [6.45, 7) is 6.48. The number of methoxy groups -OCH3 is 2. The maximum Gasteiger partial charge on any atom is 0.145 e. The van der Waals surface area contributed by atoms with Crippen molar-refractivity contribution in [1.82, 2.24) is 5.32 Å². The third-order valence-corrected chi connectivity index (χ3v) is 3.84. The number of rotatable bonds is 4. The third-order valence-electron chi connectivity index (χ3n) is 3.84. The fourth-order valence-corrected chi connectivity index (χ4v) is 2.56. The van der Waals surface area contributed by atoms with Gasteiger partial charge in [-0.2, -0.15) is 0 Å². The lowest BCUT2D eigenvalue weighted by Gasteiger charge is -2.40. The molecule has 1 N–H and O–H groups in total. The Hall–Kier alpha value is -1.42. The molecule has 1 aromatic carbocycles. The van der Waals surface area contributed by atoms with Crippen LogP contribution in [0.25, 0.3) is 0 Å². The molecule has 1 aromatic rings. The van der Waals surface area contributed by atoms with Gasteiger partial charge in [0, 0.05) is 31.2 Å². The van der Waals surface area contributed by atoms with Crippen LogP contribution < -0.4 is 19.7 Å². The molecule has 2 atom stereocenters. The quantitative estimate of drug-likeness (QED) is 0.904. The van der Waals surface area contributed by atoms with Crippen molar-refractivity contribution in [2.45, 2.75) is 32.4 Å². The summed E-state index contributed by atoms with van der Waals surface area (Å²) in [5.74, 6) is 1.71. The van der Waals surface area contributed by atoms with E-state index in [9.17, 15) is 0 Å². The van der Waals surface area contributed by atoms with Crippen molar-refractivity contribution >= 4 is 5.69 Å². The van der Waals surface area contributed by atoms with Gasteiger partial charge in [-0.15, -0.1) is 0 Å². The molecule has 0 radical (unpaired) electrons. The van der Waals surface area contributed by atoms with Gasteiger partial charge in [-0.05, 0) is 25.5 Å². The minimum absolute atomic E-state index is 0.463. The Labute approximate surface area is 115 Å². The highest BCUT2D eigenvalue weighted by Gasteiger charge is 2.26. The fraction of sp³-hybridized carbons (Fsp3) is 0.600. The van der Waals surface area contributed by atoms with E-state index in [-0.39, 0.29) is 0 Å². The standard InChI is InChI=1S/C15H24N2O2/c1-5-12-10-17(11(2)9-16-12)14-7-6-13(18-3)8-15(14)19-4/h6-8,11-12,16H,5,9-10H2,1-4H3. The Morgan fingerprint density at radius 2 is 2.11 bits per heavy atom. The van der Waals surface area contributed by atoms with Crippen LogP contribution in [-0.2, 0) is 0 Å². The van der Waals surface area contributed by atoms with Crippen molar-refractivity contribution in [3.05, 3.63) is 18.2 Å². The first-order chi connectivity index (χ1) is 9.19. The first-order valence-electron chi connectivity index (χ1n) is 6.91. The second-order valence-corrected chi connectivity index (χ2v) is 5.05. The van der Waals surface area contributed by atoms with Crippen molar-refractivity contribution in [2.75, 3.05) is 32.2 Å². The van der Waals surface area contributed by atoms with E-state index in [4.69, 9.17) is 9.47 Å². The number of nitrogens with zero attached hydrogens (tertiary/aromatic N) is 1. The summed E-state index contributed by atoms with van der Waals surface area (Å²) in [7, 11) is 3.39. The fourth-order valence-electron chi connectivity index (χ4n) is 2.56. The van der Waals surface area contributed by atoms with Crippen LogP contribution in [0.2, 0.25) is 0 Å². The van der Waals surface area contributed by atoms with Gasteiger partial charge in [0.25, 0.3) is 0 Å². The highest BCUT2D eigenvalue weighted by Crippen LogP contribution is 2.34. The van der Waals surface area contributed by atoms with Gasteiger partial charge < -0.3 is 19.7 Å². The van der Waals surface area contributed by atoms with E-state index in [0.717, 1.165) is 36.7 Å². The molecule has 0 spiro atoms. The molecule has 0 aliphatic carbocycles. The van der Waals surface area contributed by atoms with E-state index in [2.05, 4.69) is 30.1 Å². The Kier molecular flexibility index (Phi) is 4.53. The molecular weight excluding hydrogens is 240 g/mol. The molecule has 1 saturated heterocycles. The first kappa shape index (κ1) is 14.0. The topological polar surface area (TPSA) is 33.7 Å². The number of hydrogen-bond acceptors (Lipinski definition) is 4. The van der Waals surface area contributed by atoms with Gasteiger partial charge in [0.2, 0.25) is 0 Å². The molecule has 2 rings (SSSR count). The van der Waals surface area contributed by atoms with E-state index in [1.54, 1.807) is 14.2 Å². The molecule has 4 heteroatoms. The van der Waals surface area contributed by atoms with Crippen LogP contribution in [0.5, 0.6) is 11.5 Å². The van der Waals surface area contributed by atoms with Gasteiger partial charge in [0.1, 0.15) is 11.5 Å². The Bertz CT molecular complexity index is 423. The molecular formula is C15H24N2O2. The number of nitrogens with one attached hydrogen (secondary N) is 1. The maximum atomic E-state index is 5.52. The largest absolute Gasteiger partial charge is 0.497 e. The van der Waals surface area contributed by atoms with Crippen LogP contribution in [-0.4, -0.2) is 39.4 Å². The average Bonchev–Trinajstić information content (AvgIpc) is 2.47. The minimum atomic E-state index is 0.463. The second-order valence-electron chi connectivity index (χ2n) is 5.05. The number of piperazine rings is 1. The summed E-state index contributed by atoms with van der Waals surface area (Å²) in [5.41, 5.74) is 1.15. The highest BCUT2D eigenvalue weighted by atomic mass is 16.5. The first-order valence-corrected chi connectivity index (χ1v) is 6.91. The number of anilines is 1. The van der Waals surface area contributed by atoms with E-state index in [1.807, 2.05) is 12.1 Å². The molecule has 1 fully saturated rings. The van der Waals surface area contributed by atoms with Crippen molar-refractivity contribution < 1.29 is 9.47 Å². The van der Waals surface area contributed by atoms with E-state index in [0.29, 0.717) is 12.1 Å². The summed E-state index contributed by atoms with van der Waals surface area (Å²) in [5, 5.41) is 3.57. The normalized spacial score (nSPS) is 23.3. The van der Waals surface area contributed by atoms with Gasteiger partial charge in [-0.1, -0.05) is 6.92 Å². The minimum Gasteiger partial charge on any atom is -0.497 e. The van der Waals surface area contributed by atoms with Gasteiger partial charge in [0.05, 0.1) is 19.9 Å². The maximum absolute atomic E-state index is 5.52. The molecule has 4 nitrogen and oxygen atoms in total. The lowest BCUT2D eigenvalue weighted by Crippen LogP contribution is -2.55. The zero-order valence-electron chi connectivity index (χ0n) is 12.3. The van der Waals surface area contributed by atoms with E-state index >= 15 is 0 Å². The van der Waals surface area contributed by atoms with Crippen molar-refractivity contribution in [3.8, 4) is 11.5 Å². The van der Waals surface area contributed by atoms with Crippen LogP contribution >= 0.6 is 0 Å². The van der Waals surface area contributed by atoms with Gasteiger partial charge in [-0.3, -0.25) is 0 Å². The summed E-state index contributed by atoms with van der Waals surface area (Å²) >= 11 is 0. The lowest BCUT2D eigenvalue weighted by molar-refractivity contribution is 0.377. The molecule has 1 heterocycles. The van der Waals surface area contributed by atoms with Gasteiger partial charge in [-0.25, -0.2) is 0 Å². The van der Waals surface area contributed by atoms with Gasteiger partial charge >= 0.3 is 0 Å². The smallest absolute Gasteiger partial charge is 0.145 e. The molecule has 106 valence electrons. The van der Waals surface area contributed by atoms with E-state index < -0.39 is 0 Å². The predicted molar refractivity (Wildman–Crippen MR) is 78.4 cm³/mol. The molecule has 2 unspecified atom stereocenters. The summed E-state index contributed by atoms with van der Waals surface area (Å²) < 4.78 is 10.8. The van der Waals surface area contributed by atoms with E-state index in [1.165, 1.54) is 0 Å². The zero-order valence-corrected chi connectivity index (χ0v) is 12.3. The van der Waals surface area contributed by atoms with Crippen LogP contribution in [0, 0.1) is 0 Å². The molecule has 0 amide bonds. The summed E-state index contributed by atoms with van der Waals surface area (Å²) in [6, 6.07) is 7.04. The second kappa shape index (κ2) is 6.15. The molecule has 0 aromatic heterocycles. The number of benzene rings is 1. The van der Waals surface area contributed by atoms with Crippen LogP contribution in [0.1, 0.15) is 20.3 Å². The summed E-state index contributed by atoms with van der Waals surface area (Å²) in [6.07, 6.45) is 1.14. The van der Waals surface area contributed by atoms with Crippen LogP contribution in [0.15, 0.2) is 18.2 Å². The third kappa shape index (κ3) is 2.95. The lowest BCUT2D eigenvalue weighted by atomic mass is 10.1. The average molecular weight is 264 g/mol. The van der Waals surface area contributed by atoms with Crippen molar-refractivity contribution in [3.63, 3.8) is 0 Å². The molecule has 1 aliphatic heterocycles. The Morgan fingerprint density at radius 3 is 2.74 bits per heavy atom. The number of ether oxygens (including phenoxy) is 2. The number of hydrogen-bond donors (Lipinski definition) is 1. The van der Waals surface area contributed by atoms with Crippen LogP contribution in [0.3, 0.4) is 0 Å². The monoisotopic (exact) mass is 264 g/mol. The van der Waals surface area contributed by atoms with Gasteiger partial charge in [0.15, 0.2) is 0 Å². The molecule has 1 aliphatic rings. The van der Waals surface area contributed by atoms with Crippen LogP contribution in [0.4, 0.5) is 5.69 Å². The highest BCUT2D eigenvalue weighted by molar-refractivity contribution is 5.62. The molecule has 19 heavy (non-hydrogen) atoms. The SMILES string of the molecule is CCC1CN(c2ccc(OC)cc2OC)C(C)CN1. The van der Waals surface area contributed by atoms with Crippen molar-refractivity contribution in [2.24, 2.45) is 0 Å². The summed E-state index contributed by atoms with van der Waals surface area (Å²) in [4.78, 5) is 2.42. The zero-order chi connectivity index (χ0) is 13.8. The van der Waals surface area contributed by atoms with Crippen molar-refractivity contribution in [1.29, 1.82) is 0 Å². The Balaban J connectivity index is 2.28.